The van der Waals surface area contributed by atoms with Crippen LogP contribution in [0.4, 0.5) is 4.39 Å². The summed E-state index contributed by atoms with van der Waals surface area (Å²) in [5.41, 5.74) is 3.35. The molecule has 1 rings (SSSR count). The highest BCUT2D eigenvalue weighted by Gasteiger charge is 2.05. The second-order valence-corrected chi connectivity index (χ2v) is 2.53. The molecule has 13 heavy (non-hydrogen) atoms. The average Bonchev–Trinajstić information content (AvgIpc) is 2.16. The molecule has 3 N–H and O–H groups in total. The molecule has 1 unspecified atom stereocenters. The van der Waals surface area contributed by atoms with E-state index in [4.69, 9.17) is 5.84 Å². The van der Waals surface area contributed by atoms with Crippen molar-refractivity contribution in [3.05, 3.63) is 35.6 Å². The molecule has 0 saturated heterocycles. The molecule has 1 aromatic rings. The molecule has 0 aliphatic heterocycles. The lowest BCUT2D eigenvalue weighted by Gasteiger charge is -2.10. The third-order valence-corrected chi connectivity index (χ3v) is 1.64. The van der Waals surface area contributed by atoms with Crippen LogP contribution in [-0.2, 0) is 0 Å². The first-order valence-corrected chi connectivity index (χ1v) is 3.97. The van der Waals surface area contributed by atoms with Gasteiger partial charge >= 0.3 is 0 Å². The molecule has 0 aromatic heterocycles. The lowest BCUT2D eigenvalue weighted by atomic mass is 10.2. The summed E-state index contributed by atoms with van der Waals surface area (Å²) >= 11 is 0. The first-order chi connectivity index (χ1) is 6.27. The van der Waals surface area contributed by atoms with E-state index in [9.17, 15) is 4.39 Å². The zero-order valence-corrected chi connectivity index (χ0v) is 7.37. The number of aliphatic imine (C=N–C) groups is 1. The Hall–Kier alpha value is -1.26. The third kappa shape index (κ3) is 2.61. The van der Waals surface area contributed by atoms with Gasteiger partial charge in [0.25, 0.3) is 0 Å². The van der Waals surface area contributed by atoms with Crippen molar-refractivity contribution < 1.29 is 4.39 Å². The molecule has 0 saturated carbocycles. The van der Waals surface area contributed by atoms with Crippen LogP contribution >= 0.6 is 0 Å². The van der Waals surface area contributed by atoms with Crippen LogP contribution in [-0.4, -0.2) is 6.21 Å². The molecule has 0 spiro atoms. The van der Waals surface area contributed by atoms with Crippen molar-refractivity contribution in [2.45, 2.75) is 13.1 Å². The lowest BCUT2D eigenvalue weighted by molar-refractivity contribution is 0.577. The second-order valence-electron chi connectivity index (χ2n) is 2.53. The Labute approximate surface area is 76.4 Å². The van der Waals surface area contributed by atoms with Crippen LogP contribution in [0.25, 0.3) is 0 Å². The van der Waals surface area contributed by atoms with Crippen LogP contribution in [0, 0.1) is 5.82 Å². The largest absolute Gasteiger partial charge is 0.273 e. The molecule has 0 radical (unpaired) electrons. The minimum Gasteiger partial charge on any atom is -0.273 e. The maximum absolute atomic E-state index is 12.5. The Bertz CT molecular complexity index is 281. The van der Waals surface area contributed by atoms with Gasteiger partial charge in [-0.15, -0.1) is 0 Å². The van der Waals surface area contributed by atoms with Crippen molar-refractivity contribution in [2.24, 2.45) is 10.8 Å². The lowest BCUT2D eigenvalue weighted by Crippen LogP contribution is -2.26. The Morgan fingerprint density at radius 3 is 2.54 bits per heavy atom. The fraction of sp³-hybridized carbons (Fsp3) is 0.222. The Balaban J connectivity index is 2.85. The molecule has 0 fully saturated rings. The van der Waals surface area contributed by atoms with Crippen LogP contribution in [0.3, 0.4) is 0 Å². The number of hydrazine groups is 1. The van der Waals surface area contributed by atoms with Gasteiger partial charge in [0.05, 0.1) is 0 Å². The van der Waals surface area contributed by atoms with E-state index in [2.05, 4.69) is 10.4 Å². The average molecular weight is 181 g/mol. The number of nitrogens with two attached hydrogens (primary N) is 1. The van der Waals surface area contributed by atoms with E-state index < -0.39 is 0 Å². The summed E-state index contributed by atoms with van der Waals surface area (Å²) in [6.45, 7) is 1.80. The van der Waals surface area contributed by atoms with Crippen LogP contribution in [0.1, 0.15) is 18.7 Å². The molecule has 0 heterocycles. The van der Waals surface area contributed by atoms with Crippen molar-refractivity contribution in [3.8, 4) is 0 Å². The quantitative estimate of drug-likeness (QED) is 0.420. The topological polar surface area (TPSA) is 50.4 Å². The molecule has 0 aliphatic rings. The summed E-state index contributed by atoms with van der Waals surface area (Å²) in [7, 11) is 0. The van der Waals surface area contributed by atoms with E-state index in [1.807, 2.05) is 0 Å². The van der Waals surface area contributed by atoms with E-state index in [0.717, 1.165) is 5.56 Å². The van der Waals surface area contributed by atoms with Gasteiger partial charge in [0.1, 0.15) is 12.0 Å². The number of hydrogen-bond donors (Lipinski definition) is 2. The first-order valence-electron chi connectivity index (χ1n) is 3.97. The summed E-state index contributed by atoms with van der Waals surface area (Å²) in [5, 5.41) is 0. The van der Waals surface area contributed by atoms with E-state index in [1.54, 1.807) is 25.3 Å². The standard InChI is InChI=1S/C9H12FN3/c1-2-12-9(13-11)7-3-5-8(10)6-4-7/h2-6,9,13H,11H2,1H3/b12-2+. The summed E-state index contributed by atoms with van der Waals surface area (Å²) in [6.07, 6.45) is 1.35. The zero-order chi connectivity index (χ0) is 9.68. The van der Waals surface area contributed by atoms with Gasteiger partial charge in [-0.1, -0.05) is 12.1 Å². The van der Waals surface area contributed by atoms with Gasteiger partial charge in [0.15, 0.2) is 0 Å². The Morgan fingerprint density at radius 1 is 1.46 bits per heavy atom. The zero-order valence-electron chi connectivity index (χ0n) is 7.37. The minimum absolute atomic E-state index is 0.264. The van der Waals surface area contributed by atoms with E-state index >= 15 is 0 Å². The number of hydrogen-bond acceptors (Lipinski definition) is 3. The number of nitrogens with one attached hydrogen (secondary N) is 1. The molecule has 0 aliphatic carbocycles. The smallest absolute Gasteiger partial charge is 0.137 e. The van der Waals surface area contributed by atoms with Gasteiger partial charge in [0.2, 0.25) is 0 Å². The summed E-state index contributed by atoms with van der Waals surface area (Å²) in [6, 6.07) is 6.05. The van der Waals surface area contributed by atoms with Gasteiger partial charge < -0.3 is 0 Å². The van der Waals surface area contributed by atoms with E-state index in [0.29, 0.717) is 0 Å². The molecule has 1 atom stereocenters. The monoisotopic (exact) mass is 181 g/mol. The first kappa shape index (κ1) is 9.83. The van der Waals surface area contributed by atoms with Gasteiger partial charge in [-0.05, 0) is 30.8 Å². The normalized spacial score (nSPS) is 13.5. The van der Waals surface area contributed by atoms with Gasteiger partial charge in [0, 0.05) is 0 Å². The maximum atomic E-state index is 12.5. The molecular formula is C9H12FN3. The second kappa shape index (κ2) is 4.69. The van der Waals surface area contributed by atoms with Gasteiger partial charge in [-0.2, -0.15) is 0 Å². The fourth-order valence-electron chi connectivity index (χ4n) is 1.02. The van der Waals surface area contributed by atoms with Crippen molar-refractivity contribution in [3.63, 3.8) is 0 Å². The highest BCUT2D eigenvalue weighted by molar-refractivity contribution is 5.53. The van der Waals surface area contributed by atoms with Crippen LogP contribution in [0.5, 0.6) is 0 Å². The summed E-state index contributed by atoms with van der Waals surface area (Å²) in [4.78, 5) is 4.06. The third-order valence-electron chi connectivity index (χ3n) is 1.64. The SMILES string of the molecule is C/C=N/C(NN)c1ccc(F)cc1. The number of halogens is 1. The maximum Gasteiger partial charge on any atom is 0.137 e. The predicted octanol–water partition coefficient (Wildman–Crippen LogP) is 1.38. The van der Waals surface area contributed by atoms with Crippen LogP contribution in [0.2, 0.25) is 0 Å². The number of nitrogens with zero attached hydrogens (tertiary/aromatic N) is 1. The van der Waals surface area contributed by atoms with Crippen LogP contribution < -0.4 is 11.3 Å². The Morgan fingerprint density at radius 2 is 2.08 bits per heavy atom. The van der Waals surface area contributed by atoms with Crippen molar-refractivity contribution in [1.82, 2.24) is 5.43 Å². The van der Waals surface area contributed by atoms with Crippen LogP contribution in [0.15, 0.2) is 29.3 Å². The van der Waals surface area contributed by atoms with Gasteiger partial charge in [-0.25, -0.2) is 9.82 Å². The van der Waals surface area contributed by atoms with Gasteiger partial charge in [-0.3, -0.25) is 10.8 Å². The molecule has 70 valence electrons. The predicted molar refractivity (Wildman–Crippen MR) is 50.6 cm³/mol. The minimum atomic E-state index is -0.300. The Kier molecular flexibility index (Phi) is 3.54. The van der Waals surface area contributed by atoms with Crippen molar-refractivity contribution in [1.29, 1.82) is 0 Å². The summed E-state index contributed by atoms with van der Waals surface area (Å²) < 4.78 is 12.5. The number of rotatable bonds is 3. The van der Waals surface area contributed by atoms with Crippen molar-refractivity contribution >= 4 is 6.21 Å². The molecular weight excluding hydrogens is 169 g/mol. The van der Waals surface area contributed by atoms with E-state index in [-0.39, 0.29) is 12.0 Å². The van der Waals surface area contributed by atoms with Crippen molar-refractivity contribution in [2.75, 3.05) is 0 Å². The summed E-state index contributed by atoms with van der Waals surface area (Å²) in [5.74, 6) is 5.01. The number of benzene rings is 1. The highest BCUT2D eigenvalue weighted by atomic mass is 19.1. The molecule has 0 amide bonds. The fourth-order valence-corrected chi connectivity index (χ4v) is 1.02. The molecule has 0 bridgehead atoms. The molecule has 3 nitrogen and oxygen atoms in total. The molecule has 4 heteroatoms. The van der Waals surface area contributed by atoms with E-state index in [1.165, 1.54) is 12.1 Å². The highest BCUT2D eigenvalue weighted by Crippen LogP contribution is 2.13. The molecule has 1 aromatic carbocycles.